The van der Waals surface area contributed by atoms with Crippen LogP contribution in [-0.4, -0.2) is 51.7 Å². The number of aryl methyl sites for hydroxylation is 1. The van der Waals surface area contributed by atoms with Gasteiger partial charge in [0, 0.05) is 33.4 Å². The first-order valence-corrected chi connectivity index (χ1v) is 9.12. The summed E-state index contributed by atoms with van der Waals surface area (Å²) in [5.41, 5.74) is 0.487. The molecular formula is C16H23NO4S. The van der Waals surface area contributed by atoms with Gasteiger partial charge in [0.1, 0.15) is 0 Å². The maximum Gasteiger partial charge on any atom is 0.243 e. The molecule has 122 valence electrons. The number of nitrogens with zero attached hydrogens (tertiary/aromatic N) is 1. The lowest BCUT2D eigenvalue weighted by Gasteiger charge is -2.49. The molecule has 0 amide bonds. The Morgan fingerprint density at radius 1 is 1.36 bits per heavy atom. The molecule has 5 nitrogen and oxygen atoms in total. The molecule has 2 fully saturated rings. The average molecular weight is 325 g/mol. The number of sulfonamides is 1. The number of methoxy groups -OCH3 is 1. The monoisotopic (exact) mass is 325 g/mol. The Balaban J connectivity index is 1.74. The SMILES string of the molecule is COCC[C@H]1CCOC12CN(S(=O)(=O)c1ccccc1C)C2. The third kappa shape index (κ3) is 2.58. The minimum atomic E-state index is -3.42. The number of hydrogen-bond acceptors (Lipinski definition) is 4. The summed E-state index contributed by atoms with van der Waals surface area (Å²) in [6.45, 7) is 4.15. The quantitative estimate of drug-likeness (QED) is 0.828. The van der Waals surface area contributed by atoms with E-state index in [1.54, 1.807) is 23.5 Å². The molecule has 2 saturated heterocycles. The highest BCUT2D eigenvalue weighted by Crippen LogP contribution is 2.43. The summed E-state index contributed by atoms with van der Waals surface area (Å²) in [6.07, 6.45) is 1.91. The Morgan fingerprint density at radius 3 is 2.77 bits per heavy atom. The fourth-order valence-electron chi connectivity index (χ4n) is 3.51. The van der Waals surface area contributed by atoms with E-state index in [1.807, 2.05) is 19.1 Å². The summed E-state index contributed by atoms with van der Waals surface area (Å²) in [6, 6.07) is 7.12. The van der Waals surface area contributed by atoms with Crippen molar-refractivity contribution in [2.45, 2.75) is 30.3 Å². The Morgan fingerprint density at radius 2 is 2.09 bits per heavy atom. The summed E-state index contributed by atoms with van der Waals surface area (Å²) in [4.78, 5) is 0.399. The zero-order valence-electron chi connectivity index (χ0n) is 13.1. The zero-order chi connectivity index (χ0) is 15.8. The topological polar surface area (TPSA) is 55.8 Å². The number of ether oxygens (including phenoxy) is 2. The maximum atomic E-state index is 12.7. The zero-order valence-corrected chi connectivity index (χ0v) is 13.9. The molecule has 3 rings (SSSR count). The van der Waals surface area contributed by atoms with Crippen molar-refractivity contribution in [2.24, 2.45) is 5.92 Å². The molecular weight excluding hydrogens is 302 g/mol. The van der Waals surface area contributed by atoms with E-state index in [2.05, 4.69) is 0 Å². The lowest BCUT2D eigenvalue weighted by molar-refractivity contribution is -0.105. The molecule has 0 aromatic heterocycles. The number of hydrogen-bond donors (Lipinski definition) is 0. The van der Waals surface area contributed by atoms with Crippen molar-refractivity contribution in [3.05, 3.63) is 29.8 Å². The predicted octanol–water partition coefficient (Wildman–Crippen LogP) is 1.81. The molecule has 2 heterocycles. The molecule has 1 aromatic carbocycles. The molecule has 0 unspecified atom stereocenters. The first-order valence-electron chi connectivity index (χ1n) is 7.68. The molecule has 2 aliphatic heterocycles. The van der Waals surface area contributed by atoms with Crippen LogP contribution in [0.15, 0.2) is 29.2 Å². The van der Waals surface area contributed by atoms with Gasteiger partial charge in [-0.3, -0.25) is 0 Å². The lowest BCUT2D eigenvalue weighted by atomic mass is 9.80. The molecule has 6 heteroatoms. The second-order valence-corrected chi connectivity index (χ2v) is 8.13. The number of benzene rings is 1. The van der Waals surface area contributed by atoms with Crippen molar-refractivity contribution < 1.29 is 17.9 Å². The lowest BCUT2D eigenvalue weighted by Crippen LogP contribution is -2.66. The third-order valence-electron chi connectivity index (χ3n) is 4.87. The second-order valence-electron chi connectivity index (χ2n) is 6.22. The van der Waals surface area contributed by atoms with Crippen LogP contribution in [0, 0.1) is 12.8 Å². The van der Waals surface area contributed by atoms with Crippen molar-refractivity contribution in [3.8, 4) is 0 Å². The van der Waals surface area contributed by atoms with E-state index in [4.69, 9.17) is 9.47 Å². The molecule has 1 spiro atoms. The van der Waals surface area contributed by atoms with E-state index in [1.165, 1.54) is 0 Å². The van der Waals surface area contributed by atoms with E-state index >= 15 is 0 Å². The molecule has 0 saturated carbocycles. The fourth-order valence-corrected chi connectivity index (χ4v) is 5.29. The van der Waals surface area contributed by atoms with Crippen LogP contribution < -0.4 is 0 Å². The highest BCUT2D eigenvalue weighted by Gasteiger charge is 2.56. The summed E-state index contributed by atoms with van der Waals surface area (Å²) in [7, 11) is -1.73. The standard InChI is InChI=1S/C16H23NO4S/c1-13-5-3-4-6-15(13)22(18,19)17-11-16(12-17)14(7-9-20-2)8-10-21-16/h3-6,14H,7-12H2,1-2H3/t14-/m0/s1. The Bertz CT molecular complexity index is 637. The van der Waals surface area contributed by atoms with Crippen molar-refractivity contribution in [3.63, 3.8) is 0 Å². The molecule has 2 aliphatic rings. The van der Waals surface area contributed by atoms with Crippen molar-refractivity contribution >= 4 is 10.0 Å². The van der Waals surface area contributed by atoms with Gasteiger partial charge in [-0.25, -0.2) is 8.42 Å². The van der Waals surface area contributed by atoms with Gasteiger partial charge in [-0.05, 0) is 37.3 Å². The molecule has 1 atom stereocenters. The average Bonchev–Trinajstić information content (AvgIpc) is 2.87. The van der Waals surface area contributed by atoms with E-state index in [-0.39, 0.29) is 5.60 Å². The van der Waals surface area contributed by atoms with Gasteiger partial charge in [0.2, 0.25) is 10.0 Å². The molecule has 1 aromatic rings. The van der Waals surface area contributed by atoms with Crippen LogP contribution in [0.5, 0.6) is 0 Å². The Kier molecular flexibility index (Phi) is 4.29. The molecule has 0 N–H and O–H groups in total. The fraction of sp³-hybridized carbons (Fsp3) is 0.625. The van der Waals surface area contributed by atoms with Crippen LogP contribution >= 0.6 is 0 Å². The minimum Gasteiger partial charge on any atom is -0.385 e. The van der Waals surface area contributed by atoms with Crippen LogP contribution in [0.1, 0.15) is 18.4 Å². The van der Waals surface area contributed by atoms with Crippen LogP contribution in [-0.2, 0) is 19.5 Å². The summed E-state index contributed by atoms with van der Waals surface area (Å²) in [5.74, 6) is 0.385. The largest absolute Gasteiger partial charge is 0.385 e. The molecule has 0 aliphatic carbocycles. The molecule has 22 heavy (non-hydrogen) atoms. The maximum absolute atomic E-state index is 12.7. The van der Waals surface area contributed by atoms with Gasteiger partial charge in [-0.15, -0.1) is 0 Å². The highest BCUT2D eigenvalue weighted by molar-refractivity contribution is 7.89. The van der Waals surface area contributed by atoms with Crippen molar-refractivity contribution in [1.82, 2.24) is 4.31 Å². The first-order chi connectivity index (χ1) is 10.5. The number of rotatable bonds is 5. The first kappa shape index (κ1) is 15.9. The predicted molar refractivity (Wildman–Crippen MR) is 83.2 cm³/mol. The van der Waals surface area contributed by atoms with Gasteiger partial charge in [-0.1, -0.05) is 18.2 Å². The summed E-state index contributed by atoms with van der Waals surface area (Å²) < 4.78 is 38.1. The van der Waals surface area contributed by atoms with Gasteiger partial charge in [0.15, 0.2) is 0 Å². The van der Waals surface area contributed by atoms with E-state index in [0.717, 1.165) is 18.4 Å². The van der Waals surface area contributed by atoms with Gasteiger partial charge in [-0.2, -0.15) is 4.31 Å². The smallest absolute Gasteiger partial charge is 0.243 e. The Hall–Kier alpha value is -0.950. The van der Waals surface area contributed by atoms with Crippen LogP contribution in [0.25, 0.3) is 0 Å². The Labute approximate surface area is 132 Å². The second kappa shape index (κ2) is 5.92. The normalized spacial score (nSPS) is 24.5. The highest BCUT2D eigenvalue weighted by atomic mass is 32.2. The molecule has 0 radical (unpaired) electrons. The summed E-state index contributed by atoms with van der Waals surface area (Å²) in [5, 5.41) is 0. The minimum absolute atomic E-state index is 0.297. The molecule has 0 bridgehead atoms. The van der Waals surface area contributed by atoms with E-state index < -0.39 is 10.0 Å². The van der Waals surface area contributed by atoms with Gasteiger partial charge in [0.05, 0.1) is 10.5 Å². The third-order valence-corrected chi connectivity index (χ3v) is 6.82. The van der Waals surface area contributed by atoms with E-state index in [0.29, 0.717) is 37.1 Å². The van der Waals surface area contributed by atoms with Gasteiger partial charge >= 0.3 is 0 Å². The van der Waals surface area contributed by atoms with Crippen molar-refractivity contribution in [1.29, 1.82) is 0 Å². The summed E-state index contributed by atoms with van der Waals surface area (Å²) >= 11 is 0. The van der Waals surface area contributed by atoms with Crippen LogP contribution in [0.2, 0.25) is 0 Å². The van der Waals surface area contributed by atoms with Gasteiger partial charge in [0.25, 0.3) is 0 Å². The van der Waals surface area contributed by atoms with Gasteiger partial charge < -0.3 is 9.47 Å². The van der Waals surface area contributed by atoms with E-state index in [9.17, 15) is 8.42 Å². The van der Waals surface area contributed by atoms with Crippen LogP contribution in [0.3, 0.4) is 0 Å². The van der Waals surface area contributed by atoms with Crippen molar-refractivity contribution in [2.75, 3.05) is 33.4 Å². The van der Waals surface area contributed by atoms with Crippen LogP contribution in [0.4, 0.5) is 0 Å².